The first kappa shape index (κ1) is 16.0. The molecule has 0 fully saturated rings. The molecular formula is C16H10F2N2O3S. The Labute approximate surface area is 139 Å². The molecule has 0 amide bonds. The molecule has 1 aromatic heterocycles. The molecule has 0 saturated heterocycles. The summed E-state index contributed by atoms with van der Waals surface area (Å²) in [6.45, 7) is -2.90. The molecule has 0 radical (unpaired) electrons. The first-order valence-corrected chi connectivity index (χ1v) is 7.61. The number of non-ortho nitro benzene ring substituents is 1. The smallest absolute Gasteiger partial charge is 0.387 e. The number of nitrogens with zero attached hydrogens (tertiary/aromatic N) is 2. The van der Waals surface area contributed by atoms with Gasteiger partial charge in [0.25, 0.3) is 5.69 Å². The van der Waals surface area contributed by atoms with Crippen LogP contribution in [0, 0.1) is 10.1 Å². The Kier molecular flexibility index (Phi) is 4.48. The van der Waals surface area contributed by atoms with E-state index in [1.165, 1.54) is 29.5 Å². The van der Waals surface area contributed by atoms with Gasteiger partial charge in [0.2, 0.25) is 0 Å². The number of alkyl halides is 2. The lowest BCUT2D eigenvalue weighted by atomic mass is 10.2. The topological polar surface area (TPSA) is 65.3 Å². The maximum atomic E-state index is 12.4. The van der Waals surface area contributed by atoms with E-state index >= 15 is 0 Å². The van der Waals surface area contributed by atoms with Gasteiger partial charge < -0.3 is 4.74 Å². The maximum Gasteiger partial charge on any atom is 0.387 e. The second-order valence-corrected chi connectivity index (χ2v) is 5.77. The molecule has 0 aliphatic carbocycles. The fraction of sp³-hybridized carbons (Fsp3) is 0.0625. The predicted molar refractivity (Wildman–Crippen MR) is 88.3 cm³/mol. The molecule has 3 aromatic rings. The lowest BCUT2D eigenvalue weighted by Gasteiger charge is -2.06. The Morgan fingerprint density at radius 3 is 2.75 bits per heavy atom. The SMILES string of the molecule is O=[N+]([O-])c1ccc2sc(C=Cc3ccccc3OC(F)F)nc2c1. The van der Waals surface area contributed by atoms with E-state index in [9.17, 15) is 18.9 Å². The van der Waals surface area contributed by atoms with Crippen LogP contribution in [0.3, 0.4) is 0 Å². The normalized spacial score (nSPS) is 11.5. The zero-order valence-corrected chi connectivity index (χ0v) is 12.9. The Morgan fingerprint density at radius 1 is 1.21 bits per heavy atom. The molecule has 2 aromatic carbocycles. The largest absolute Gasteiger partial charge is 0.434 e. The van der Waals surface area contributed by atoms with Gasteiger partial charge in [-0.15, -0.1) is 11.3 Å². The fourth-order valence-electron chi connectivity index (χ4n) is 2.10. The minimum atomic E-state index is -2.90. The summed E-state index contributed by atoms with van der Waals surface area (Å²) in [4.78, 5) is 14.6. The zero-order chi connectivity index (χ0) is 17.1. The summed E-state index contributed by atoms with van der Waals surface area (Å²) in [6, 6.07) is 10.9. The minimum Gasteiger partial charge on any atom is -0.434 e. The van der Waals surface area contributed by atoms with Gasteiger partial charge >= 0.3 is 6.61 Å². The van der Waals surface area contributed by atoms with Crippen LogP contribution in [0.5, 0.6) is 5.75 Å². The standard InChI is InChI=1S/C16H10F2N2O3S/c17-16(18)23-13-4-2-1-3-10(13)5-8-15-19-12-9-11(20(21)22)6-7-14(12)24-15/h1-9,16H. The Bertz CT molecular complexity index is 925. The highest BCUT2D eigenvalue weighted by atomic mass is 32.1. The van der Waals surface area contributed by atoms with Crippen molar-refractivity contribution in [1.82, 2.24) is 4.98 Å². The van der Waals surface area contributed by atoms with Crippen LogP contribution in [0.4, 0.5) is 14.5 Å². The third-order valence-corrected chi connectivity index (χ3v) is 4.14. The summed E-state index contributed by atoms with van der Waals surface area (Å²) in [6.07, 6.45) is 3.27. The minimum absolute atomic E-state index is 0.0287. The van der Waals surface area contributed by atoms with Crippen LogP contribution in [0.1, 0.15) is 10.6 Å². The monoisotopic (exact) mass is 348 g/mol. The van der Waals surface area contributed by atoms with Crippen LogP contribution < -0.4 is 4.74 Å². The highest BCUT2D eigenvalue weighted by molar-refractivity contribution is 7.19. The molecular weight excluding hydrogens is 338 g/mol. The second-order valence-electron chi connectivity index (χ2n) is 4.71. The lowest BCUT2D eigenvalue weighted by molar-refractivity contribution is -0.384. The molecule has 0 spiro atoms. The van der Waals surface area contributed by atoms with Crippen molar-refractivity contribution in [1.29, 1.82) is 0 Å². The highest BCUT2D eigenvalue weighted by Crippen LogP contribution is 2.28. The Morgan fingerprint density at radius 2 is 2.00 bits per heavy atom. The fourth-order valence-corrected chi connectivity index (χ4v) is 2.95. The van der Waals surface area contributed by atoms with Crippen LogP contribution in [0.2, 0.25) is 0 Å². The number of hydrogen-bond donors (Lipinski definition) is 0. The van der Waals surface area contributed by atoms with Gasteiger partial charge in [-0.05, 0) is 24.3 Å². The van der Waals surface area contributed by atoms with Crippen LogP contribution in [0.15, 0.2) is 42.5 Å². The molecule has 24 heavy (non-hydrogen) atoms. The van der Waals surface area contributed by atoms with Gasteiger partial charge in [-0.3, -0.25) is 10.1 Å². The second kappa shape index (κ2) is 6.71. The molecule has 0 saturated carbocycles. The van der Waals surface area contributed by atoms with Crippen LogP contribution in [-0.4, -0.2) is 16.5 Å². The summed E-state index contributed by atoms with van der Waals surface area (Å²) < 4.78 is 30.1. The van der Waals surface area contributed by atoms with Crippen molar-refractivity contribution < 1.29 is 18.4 Å². The maximum absolute atomic E-state index is 12.4. The van der Waals surface area contributed by atoms with Crippen LogP contribution in [0.25, 0.3) is 22.4 Å². The molecule has 0 aliphatic rings. The molecule has 0 aliphatic heterocycles. The molecule has 3 rings (SSSR count). The van der Waals surface area contributed by atoms with Crippen molar-refractivity contribution in [3.8, 4) is 5.75 Å². The number of ether oxygens (including phenoxy) is 1. The van der Waals surface area contributed by atoms with Crippen molar-refractivity contribution in [2.75, 3.05) is 0 Å². The Hall–Kier alpha value is -2.87. The first-order valence-electron chi connectivity index (χ1n) is 6.80. The van der Waals surface area contributed by atoms with Gasteiger partial charge in [-0.25, -0.2) is 4.98 Å². The molecule has 122 valence electrons. The average Bonchev–Trinajstić information content (AvgIpc) is 2.95. The first-order chi connectivity index (χ1) is 11.5. The average molecular weight is 348 g/mol. The van der Waals surface area contributed by atoms with Crippen LogP contribution >= 0.6 is 11.3 Å². The van der Waals surface area contributed by atoms with E-state index in [1.807, 2.05) is 0 Å². The van der Waals surface area contributed by atoms with E-state index in [-0.39, 0.29) is 11.4 Å². The van der Waals surface area contributed by atoms with E-state index in [0.717, 1.165) is 4.70 Å². The van der Waals surface area contributed by atoms with Crippen molar-refractivity contribution in [3.05, 3.63) is 63.1 Å². The van der Waals surface area contributed by atoms with Crippen molar-refractivity contribution in [2.45, 2.75) is 6.61 Å². The van der Waals surface area contributed by atoms with Gasteiger partial charge in [-0.2, -0.15) is 8.78 Å². The number of para-hydroxylation sites is 1. The summed E-state index contributed by atoms with van der Waals surface area (Å²) in [5.41, 5.74) is 0.980. The number of halogens is 2. The third kappa shape index (κ3) is 3.54. The molecule has 8 heteroatoms. The number of thiazole rings is 1. The van der Waals surface area contributed by atoms with E-state index in [0.29, 0.717) is 16.1 Å². The van der Waals surface area contributed by atoms with E-state index in [1.54, 1.807) is 36.4 Å². The van der Waals surface area contributed by atoms with Gasteiger partial charge in [-0.1, -0.05) is 18.2 Å². The summed E-state index contributed by atoms with van der Waals surface area (Å²) >= 11 is 1.35. The Balaban J connectivity index is 1.89. The highest BCUT2D eigenvalue weighted by Gasteiger charge is 2.10. The quantitative estimate of drug-likeness (QED) is 0.482. The van der Waals surface area contributed by atoms with E-state index in [2.05, 4.69) is 9.72 Å². The number of benzene rings is 2. The van der Waals surface area contributed by atoms with E-state index < -0.39 is 11.5 Å². The zero-order valence-electron chi connectivity index (χ0n) is 12.1. The van der Waals surface area contributed by atoms with Gasteiger partial charge in [0.05, 0.1) is 15.1 Å². The van der Waals surface area contributed by atoms with Crippen molar-refractivity contribution in [2.24, 2.45) is 0 Å². The number of nitro groups is 1. The van der Waals surface area contributed by atoms with Crippen LogP contribution in [-0.2, 0) is 0 Å². The van der Waals surface area contributed by atoms with Gasteiger partial charge in [0.15, 0.2) is 0 Å². The van der Waals surface area contributed by atoms with Gasteiger partial charge in [0, 0.05) is 17.7 Å². The lowest BCUT2D eigenvalue weighted by Crippen LogP contribution is -2.02. The van der Waals surface area contributed by atoms with Crippen molar-refractivity contribution >= 4 is 39.4 Å². The number of aromatic nitrogens is 1. The number of rotatable bonds is 5. The molecule has 0 N–H and O–H groups in total. The summed E-state index contributed by atoms with van der Waals surface area (Å²) in [5.74, 6) is 0.0699. The summed E-state index contributed by atoms with van der Waals surface area (Å²) in [5, 5.41) is 11.4. The van der Waals surface area contributed by atoms with Crippen molar-refractivity contribution in [3.63, 3.8) is 0 Å². The predicted octanol–water partition coefficient (Wildman–Crippen LogP) is 4.98. The molecule has 0 bridgehead atoms. The van der Waals surface area contributed by atoms with E-state index in [4.69, 9.17) is 0 Å². The number of fused-ring (bicyclic) bond motifs is 1. The molecule has 5 nitrogen and oxygen atoms in total. The molecule has 0 atom stereocenters. The third-order valence-electron chi connectivity index (χ3n) is 3.14. The molecule has 1 heterocycles. The number of nitro benzene ring substituents is 1. The molecule has 0 unspecified atom stereocenters. The summed E-state index contributed by atoms with van der Waals surface area (Å²) in [7, 11) is 0. The van der Waals surface area contributed by atoms with Gasteiger partial charge in [0.1, 0.15) is 10.8 Å². The number of hydrogen-bond acceptors (Lipinski definition) is 5.